The third-order valence-electron chi connectivity index (χ3n) is 3.40. The molecule has 68 valence electrons. The molecular formula is C11H19N. The van der Waals surface area contributed by atoms with Crippen molar-refractivity contribution in [2.24, 2.45) is 17.8 Å². The van der Waals surface area contributed by atoms with E-state index in [1.54, 1.807) is 0 Å². The van der Waals surface area contributed by atoms with E-state index in [2.05, 4.69) is 19.9 Å². The number of hydrogen-bond donors (Lipinski definition) is 0. The molecular weight excluding hydrogens is 146 g/mol. The normalized spacial score (nSPS) is 32.4. The van der Waals surface area contributed by atoms with Crippen molar-refractivity contribution < 1.29 is 0 Å². The SMILES string of the molecule is CCC(C)[C@H]1CC[C@H](C#N)CC1. The van der Waals surface area contributed by atoms with Crippen LogP contribution in [0.2, 0.25) is 0 Å². The van der Waals surface area contributed by atoms with Gasteiger partial charge < -0.3 is 0 Å². The van der Waals surface area contributed by atoms with Crippen molar-refractivity contribution in [2.75, 3.05) is 0 Å². The Bertz CT molecular complexity index is 160. The van der Waals surface area contributed by atoms with Crippen LogP contribution in [0.3, 0.4) is 0 Å². The van der Waals surface area contributed by atoms with Crippen molar-refractivity contribution >= 4 is 0 Å². The zero-order valence-corrected chi connectivity index (χ0v) is 8.21. The van der Waals surface area contributed by atoms with Crippen LogP contribution in [-0.4, -0.2) is 0 Å². The molecule has 0 aliphatic heterocycles. The van der Waals surface area contributed by atoms with E-state index in [9.17, 15) is 0 Å². The molecule has 0 aromatic carbocycles. The van der Waals surface area contributed by atoms with Gasteiger partial charge in [0.2, 0.25) is 0 Å². The highest BCUT2D eigenvalue weighted by Crippen LogP contribution is 2.33. The van der Waals surface area contributed by atoms with Crippen molar-refractivity contribution in [3.05, 3.63) is 0 Å². The molecule has 1 heteroatoms. The van der Waals surface area contributed by atoms with Gasteiger partial charge in [0.15, 0.2) is 0 Å². The molecule has 12 heavy (non-hydrogen) atoms. The molecule has 1 atom stereocenters. The topological polar surface area (TPSA) is 23.8 Å². The Morgan fingerprint density at radius 1 is 1.33 bits per heavy atom. The van der Waals surface area contributed by atoms with Gasteiger partial charge in [0.1, 0.15) is 0 Å². The van der Waals surface area contributed by atoms with Gasteiger partial charge in [-0.15, -0.1) is 0 Å². The molecule has 0 amide bonds. The molecule has 0 aromatic rings. The fourth-order valence-electron chi connectivity index (χ4n) is 2.15. The van der Waals surface area contributed by atoms with Gasteiger partial charge in [0.05, 0.1) is 6.07 Å². The molecule has 0 heterocycles. The molecule has 0 radical (unpaired) electrons. The summed E-state index contributed by atoms with van der Waals surface area (Å²) in [6.45, 7) is 4.61. The lowest BCUT2D eigenvalue weighted by Crippen LogP contribution is -2.18. The van der Waals surface area contributed by atoms with Crippen LogP contribution in [-0.2, 0) is 0 Å². The molecule has 0 aromatic heterocycles. The zero-order chi connectivity index (χ0) is 8.97. The Morgan fingerprint density at radius 3 is 2.33 bits per heavy atom. The van der Waals surface area contributed by atoms with Crippen LogP contribution < -0.4 is 0 Å². The second kappa shape index (κ2) is 4.50. The van der Waals surface area contributed by atoms with E-state index in [-0.39, 0.29) is 0 Å². The summed E-state index contributed by atoms with van der Waals surface area (Å²) in [5, 5.41) is 8.72. The lowest BCUT2D eigenvalue weighted by molar-refractivity contribution is 0.234. The molecule has 0 N–H and O–H groups in total. The number of hydrogen-bond acceptors (Lipinski definition) is 1. The summed E-state index contributed by atoms with van der Waals surface area (Å²) in [6.07, 6.45) is 6.15. The number of nitrogens with zero attached hydrogens (tertiary/aromatic N) is 1. The highest BCUT2D eigenvalue weighted by Gasteiger charge is 2.23. The predicted molar refractivity (Wildman–Crippen MR) is 50.5 cm³/mol. The zero-order valence-electron chi connectivity index (χ0n) is 8.21. The second-order valence-electron chi connectivity index (χ2n) is 4.13. The Balaban J connectivity index is 2.31. The minimum atomic E-state index is 0.366. The highest BCUT2D eigenvalue weighted by atomic mass is 14.3. The summed E-state index contributed by atoms with van der Waals surface area (Å²) in [6, 6.07) is 2.38. The average molecular weight is 165 g/mol. The van der Waals surface area contributed by atoms with Crippen LogP contribution in [0.1, 0.15) is 46.0 Å². The standard InChI is InChI=1S/C11H19N/c1-3-9(2)11-6-4-10(8-12)5-7-11/h9-11H,3-7H2,1-2H3/t9?,10-,11-. The lowest BCUT2D eigenvalue weighted by atomic mass is 9.76. The van der Waals surface area contributed by atoms with E-state index < -0.39 is 0 Å². The Kier molecular flexibility index (Phi) is 3.59. The Morgan fingerprint density at radius 2 is 1.92 bits per heavy atom. The van der Waals surface area contributed by atoms with Crippen molar-refractivity contribution in [1.82, 2.24) is 0 Å². The fraction of sp³-hybridized carbons (Fsp3) is 0.909. The molecule has 0 saturated heterocycles. The monoisotopic (exact) mass is 165 g/mol. The maximum atomic E-state index is 8.72. The first-order valence-corrected chi connectivity index (χ1v) is 5.17. The molecule has 1 unspecified atom stereocenters. The summed E-state index contributed by atoms with van der Waals surface area (Å²) < 4.78 is 0. The smallest absolute Gasteiger partial charge is 0.0655 e. The van der Waals surface area contributed by atoms with E-state index in [4.69, 9.17) is 5.26 Å². The average Bonchev–Trinajstić information content (AvgIpc) is 2.17. The van der Waals surface area contributed by atoms with Crippen molar-refractivity contribution in [3.8, 4) is 6.07 Å². The molecule has 0 spiro atoms. The Hall–Kier alpha value is -0.510. The van der Waals surface area contributed by atoms with Crippen LogP contribution in [0.15, 0.2) is 0 Å². The van der Waals surface area contributed by atoms with E-state index in [1.165, 1.54) is 19.3 Å². The lowest BCUT2D eigenvalue weighted by Gasteiger charge is -2.28. The molecule has 1 saturated carbocycles. The molecule has 0 bridgehead atoms. The predicted octanol–water partition coefficient (Wildman–Crippen LogP) is 3.36. The largest absolute Gasteiger partial charge is 0.198 e. The summed E-state index contributed by atoms with van der Waals surface area (Å²) in [4.78, 5) is 0. The van der Waals surface area contributed by atoms with Crippen LogP contribution >= 0.6 is 0 Å². The van der Waals surface area contributed by atoms with Gasteiger partial charge in [-0.25, -0.2) is 0 Å². The minimum Gasteiger partial charge on any atom is -0.198 e. The van der Waals surface area contributed by atoms with Gasteiger partial charge in [-0.2, -0.15) is 5.26 Å². The van der Waals surface area contributed by atoms with Crippen molar-refractivity contribution in [2.45, 2.75) is 46.0 Å². The van der Waals surface area contributed by atoms with E-state index in [0.717, 1.165) is 24.7 Å². The van der Waals surface area contributed by atoms with Crippen LogP contribution in [0.4, 0.5) is 0 Å². The van der Waals surface area contributed by atoms with Crippen molar-refractivity contribution in [1.29, 1.82) is 5.26 Å². The van der Waals surface area contributed by atoms with Gasteiger partial charge in [0.25, 0.3) is 0 Å². The van der Waals surface area contributed by atoms with Crippen LogP contribution in [0.25, 0.3) is 0 Å². The van der Waals surface area contributed by atoms with Gasteiger partial charge in [-0.05, 0) is 37.5 Å². The summed E-state index contributed by atoms with van der Waals surface area (Å²) in [5.41, 5.74) is 0. The first-order chi connectivity index (χ1) is 5.77. The molecule has 1 aliphatic carbocycles. The van der Waals surface area contributed by atoms with E-state index >= 15 is 0 Å². The molecule has 1 aliphatic rings. The number of nitriles is 1. The molecule has 1 rings (SSSR count). The molecule has 1 fully saturated rings. The summed E-state index contributed by atoms with van der Waals surface area (Å²) >= 11 is 0. The van der Waals surface area contributed by atoms with Gasteiger partial charge in [0, 0.05) is 5.92 Å². The summed E-state index contributed by atoms with van der Waals surface area (Å²) in [7, 11) is 0. The fourth-order valence-corrected chi connectivity index (χ4v) is 2.15. The van der Waals surface area contributed by atoms with Crippen LogP contribution in [0.5, 0.6) is 0 Å². The maximum Gasteiger partial charge on any atom is 0.0655 e. The van der Waals surface area contributed by atoms with Crippen molar-refractivity contribution in [3.63, 3.8) is 0 Å². The first-order valence-electron chi connectivity index (χ1n) is 5.17. The third-order valence-corrected chi connectivity index (χ3v) is 3.40. The maximum absolute atomic E-state index is 8.72. The van der Waals surface area contributed by atoms with Gasteiger partial charge in [-0.3, -0.25) is 0 Å². The quantitative estimate of drug-likeness (QED) is 0.615. The second-order valence-corrected chi connectivity index (χ2v) is 4.13. The van der Waals surface area contributed by atoms with Gasteiger partial charge >= 0.3 is 0 Å². The first kappa shape index (κ1) is 9.58. The minimum absolute atomic E-state index is 0.366. The number of rotatable bonds is 2. The highest BCUT2D eigenvalue weighted by molar-refractivity contribution is 4.87. The summed E-state index contributed by atoms with van der Waals surface area (Å²) in [5.74, 6) is 2.13. The van der Waals surface area contributed by atoms with Crippen LogP contribution in [0, 0.1) is 29.1 Å². The van der Waals surface area contributed by atoms with E-state index in [0.29, 0.717) is 5.92 Å². The van der Waals surface area contributed by atoms with Gasteiger partial charge in [-0.1, -0.05) is 20.3 Å². The third kappa shape index (κ3) is 2.24. The molecule has 1 nitrogen and oxygen atoms in total. The Labute approximate surface area is 75.8 Å². The van der Waals surface area contributed by atoms with E-state index in [1.807, 2.05) is 0 Å².